The Labute approximate surface area is 124 Å². The molecule has 0 aliphatic rings. The normalized spacial score (nSPS) is 11.0. The fourth-order valence-electron chi connectivity index (χ4n) is 2.48. The molecule has 3 rings (SSSR count). The van der Waals surface area contributed by atoms with Gasteiger partial charge in [0.15, 0.2) is 0 Å². The molecule has 4 heteroatoms. The largest absolute Gasteiger partial charge is 0.383 e. The van der Waals surface area contributed by atoms with Crippen LogP contribution in [0.25, 0.3) is 22.2 Å². The lowest BCUT2D eigenvalue weighted by atomic mass is 10.0. The molecule has 0 aliphatic carbocycles. The van der Waals surface area contributed by atoms with Gasteiger partial charge in [-0.1, -0.05) is 31.2 Å². The number of para-hydroxylation sites is 1. The predicted molar refractivity (Wildman–Crippen MR) is 85.9 cm³/mol. The molecule has 4 nitrogen and oxygen atoms in total. The second-order valence-electron chi connectivity index (χ2n) is 5.13. The first-order chi connectivity index (χ1) is 10.2. The van der Waals surface area contributed by atoms with Crippen LogP contribution in [-0.4, -0.2) is 15.0 Å². The highest BCUT2D eigenvalue weighted by molar-refractivity contribution is 5.93. The van der Waals surface area contributed by atoms with Gasteiger partial charge in [-0.15, -0.1) is 0 Å². The number of aromatic nitrogens is 3. The van der Waals surface area contributed by atoms with E-state index in [1.54, 1.807) is 6.20 Å². The molecule has 3 aromatic rings. The van der Waals surface area contributed by atoms with Crippen molar-refractivity contribution in [1.29, 1.82) is 0 Å². The standard InChI is InChI=1S/C17H18N4/c1-3-6-14-20-15(11(2)17(18)21-14)13-9-4-7-12-8-5-10-19-16(12)13/h4-5,7-10H,3,6H2,1-2H3,(H2,18,20,21). The quantitative estimate of drug-likeness (QED) is 0.796. The third-order valence-electron chi connectivity index (χ3n) is 3.59. The fraction of sp³-hybridized carbons (Fsp3) is 0.235. The van der Waals surface area contributed by atoms with Gasteiger partial charge < -0.3 is 5.73 Å². The van der Waals surface area contributed by atoms with E-state index in [2.05, 4.69) is 29.0 Å². The van der Waals surface area contributed by atoms with Crippen molar-refractivity contribution in [2.75, 3.05) is 5.73 Å². The van der Waals surface area contributed by atoms with Crippen molar-refractivity contribution >= 4 is 16.7 Å². The maximum Gasteiger partial charge on any atom is 0.131 e. The van der Waals surface area contributed by atoms with Gasteiger partial charge in [0.2, 0.25) is 0 Å². The first kappa shape index (κ1) is 13.5. The summed E-state index contributed by atoms with van der Waals surface area (Å²) in [5.41, 5.74) is 9.82. The molecule has 2 N–H and O–H groups in total. The van der Waals surface area contributed by atoms with E-state index < -0.39 is 0 Å². The van der Waals surface area contributed by atoms with E-state index in [0.29, 0.717) is 5.82 Å². The van der Waals surface area contributed by atoms with Gasteiger partial charge in [0, 0.05) is 29.1 Å². The summed E-state index contributed by atoms with van der Waals surface area (Å²) >= 11 is 0. The molecule has 0 amide bonds. The van der Waals surface area contributed by atoms with E-state index in [1.165, 1.54) is 0 Å². The molecular formula is C17H18N4. The van der Waals surface area contributed by atoms with Crippen LogP contribution in [0.5, 0.6) is 0 Å². The van der Waals surface area contributed by atoms with Crippen LogP contribution >= 0.6 is 0 Å². The zero-order chi connectivity index (χ0) is 14.8. The molecular weight excluding hydrogens is 260 g/mol. The van der Waals surface area contributed by atoms with Gasteiger partial charge in [0.1, 0.15) is 11.6 Å². The Bertz CT molecular complexity index is 791. The Balaban J connectivity index is 2.27. The highest BCUT2D eigenvalue weighted by Gasteiger charge is 2.13. The molecule has 0 saturated carbocycles. The highest BCUT2D eigenvalue weighted by Crippen LogP contribution is 2.29. The number of hydrogen-bond donors (Lipinski definition) is 1. The number of nitrogens with two attached hydrogens (primary N) is 1. The molecule has 0 aliphatic heterocycles. The molecule has 0 spiro atoms. The van der Waals surface area contributed by atoms with Crippen LogP contribution in [0.1, 0.15) is 24.7 Å². The first-order valence-corrected chi connectivity index (χ1v) is 7.17. The monoisotopic (exact) mass is 278 g/mol. The summed E-state index contributed by atoms with van der Waals surface area (Å²) in [6, 6.07) is 10.1. The maximum absolute atomic E-state index is 6.06. The fourth-order valence-corrected chi connectivity index (χ4v) is 2.48. The minimum Gasteiger partial charge on any atom is -0.383 e. The summed E-state index contributed by atoms with van der Waals surface area (Å²) in [6.07, 6.45) is 3.63. The van der Waals surface area contributed by atoms with Crippen LogP contribution in [0.3, 0.4) is 0 Å². The average molecular weight is 278 g/mol. The molecule has 1 aromatic carbocycles. The Morgan fingerprint density at radius 1 is 1.10 bits per heavy atom. The molecule has 2 heterocycles. The van der Waals surface area contributed by atoms with E-state index in [0.717, 1.165) is 46.4 Å². The lowest BCUT2D eigenvalue weighted by molar-refractivity contribution is 0.836. The van der Waals surface area contributed by atoms with Crippen molar-refractivity contribution < 1.29 is 0 Å². The summed E-state index contributed by atoms with van der Waals surface area (Å²) in [5, 5.41) is 1.10. The van der Waals surface area contributed by atoms with E-state index in [9.17, 15) is 0 Å². The zero-order valence-corrected chi connectivity index (χ0v) is 12.3. The van der Waals surface area contributed by atoms with E-state index in [4.69, 9.17) is 10.7 Å². The van der Waals surface area contributed by atoms with Gasteiger partial charge in [-0.05, 0) is 19.4 Å². The number of nitrogens with zero attached hydrogens (tertiary/aromatic N) is 3. The number of anilines is 1. The first-order valence-electron chi connectivity index (χ1n) is 7.17. The van der Waals surface area contributed by atoms with Crippen LogP contribution in [-0.2, 0) is 6.42 Å². The minimum atomic E-state index is 0.552. The average Bonchev–Trinajstić information content (AvgIpc) is 2.50. The third kappa shape index (κ3) is 2.44. The van der Waals surface area contributed by atoms with Crippen molar-refractivity contribution in [3.8, 4) is 11.3 Å². The number of aryl methyl sites for hydroxylation is 1. The summed E-state index contributed by atoms with van der Waals surface area (Å²) in [4.78, 5) is 13.6. The molecule has 0 atom stereocenters. The number of rotatable bonds is 3. The van der Waals surface area contributed by atoms with Gasteiger partial charge in [-0.3, -0.25) is 4.98 Å². The zero-order valence-electron chi connectivity index (χ0n) is 12.3. The number of nitrogen functional groups attached to an aromatic ring is 1. The second-order valence-corrected chi connectivity index (χ2v) is 5.13. The summed E-state index contributed by atoms with van der Waals surface area (Å²) in [6.45, 7) is 4.07. The Morgan fingerprint density at radius 3 is 2.71 bits per heavy atom. The van der Waals surface area contributed by atoms with Gasteiger partial charge in [0.05, 0.1) is 11.2 Å². The molecule has 21 heavy (non-hydrogen) atoms. The number of hydrogen-bond acceptors (Lipinski definition) is 4. The molecule has 0 bridgehead atoms. The topological polar surface area (TPSA) is 64.7 Å². The van der Waals surface area contributed by atoms with Crippen molar-refractivity contribution in [3.63, 3.8) is 0 Å². The molecule has 0 radical (unpaired) electrons. The van der Waals surface area contributed by atoms with Crippen LogP contribution in [0.2, 0.25) is 0 Å². The Kier molecular flexibility index (Phi) is 3.52. The Morgan fingerprint density at radius 2 is 1.90 bits per heavy atom. The van der Waals surface area contributed by atoms with Crippen molar-refractivity contribution in [3.05, 3.63) is 47.9 Å². The summed E-state index contributed by atoms with van der Waals surface area (Å²) in [7, 11) is 0. The van der Waals surface area contributed by atoms with Gasteiger partial charge in [0.25, 0.3) is 0 Å². The van der Waals surface area contributed by atoms with Gasteiger partial charge >= 0.3 is 0 Å². The lowest BCUT2D eigenvalue weighted by Gasteiger charge is -2.11. The number of fused-ring (bicyclic) bond motifs is 1. The molecule has 106 valence electrons. The number of benzene rings is 1. The van der Waals surface area contributed by atoms with Crippen LogP contribution in [0, 0.1) is 6.92 Å². The van der Waals surface area contributed by atoms with Crippen molar-refractivity contribution in [2.24, 2.45) is 0 Å². The van der Waals surface area contributed by atoms with Crippen LogP contribution < -0.4 is 5.73 Å². The highest BCUT2D eigenvalue weighted by atomic mass is 15.0. The summed E-state index contributed by atoms with van der Waals surface area (Å²) < 4.78 is 0. The molecule has 0 fully saturated rings. The number of pyridine rings is 1. The molecule has 0 saturated heterocycles. The second kappa shape index (κ2) is 5.48. The van der Waals surface area contributed by atoms with E-state index in [-0.39, 0.29) is 0 Å². The lowest BCUT2D eigenvalue weighted by Crippen LogP contribution is -2.05. The minimum absolute atomic E-state index is 0.552. The SMILES string of the molecule is CCCc1nc(N)c(C)c(-c2cccc3cccnc23)n1. The van der Waals surface area contributed by atoms with Crippen molar-refractivity contribution in [2.45, 2.75) is 26.7 Å². The smallest absolute Gasteiger partial charge is 0.131 e. The van der Waals surface area contributed by atoms with Gasteiger partial charge in [-0.2, -0.15) is 0 Å². The van der Waals surface area contributed by atoms with E-state index in [1.807, 2.05) is 25.1 Å². The Hall–Kier alpha value is -2.49. The third-order valence-corrected chi connectivity index (χ3v) is 3.59. The predicted octanol–water partition coefficient (Wildman–Crippen LogP) is 3.53. The molecule has 2 aromatic heterocycles. The molecule has 0 unspecified atom stereocenters. The summed E-state index contributed by atoms with van der Waals surface area (Å²) in [5.74, 6) is 1.35. The van der Waals surface area contributed by atoms with Gasteiger partial charge in [-0.25, -0.2) is 9.97 Å². The van der Waals surface area contributed by atoms with Crippen LogP contribution in [0.15, 0.2) is 36.5 Å². The van der Waals surface area contributed by atoms with Crippen molar-refractivity contribution in [1.82, 2.24) is 15.0 Å². The van der Waals surface area contributed by atoms with Crippen LogP contribution in [0.4, 0.5) is 5.82 Å². The maximum atomic E-state index is 6.06. The van der Waals surface area contributed by atoms with E-state index >= 15 is 0 Å².